The third-order valence-corrected chi connectivity index (χ3v) is 11.5. The highest BCUT2D eigenvalue weighted by atomic mass is 32.1. The van der Waals surface area contributed by atoms with E-state index >= 15 is 0 Å². The summed E-state index contributed by atoms with van der Waals surface area (Å²) in [6.07, 6.45) is 1.86. The number of hydrogen-bond acceptors (Lipinski definition) is 5. The van der Waals surface area contributed by atoms with Crippen molar-refractivity contribution in [2.24, 2.45) is 0 Å². The van der Waals surface area contributed by atoms with Crippen molar-refractivity contribution < 1.29 is 0 Å². The molecule has 0 unspecified atom stereocenters. The van der Waals surface area contributed by atoms with E-state index in [-0.39, 0.29) is 0 Å². The second kappa shape index (κ2) is 12.3. The Labute approximate surface area is 314 Å². The first-order chi connectivity index (χ1) is 26.8. The molecule has 11 rings (SSSR count). The Morgan fingerprint density at radius 3 is 1.69 bits per heavy atom. The fraction of sp³-hybridized carbons (Fsp3) is 0. The van der Waals surface area contributed by atoms with E-state index in [1.807, 2.05) is 66.1 Å². The Bertz CT molecular complexity index is 3130. The average molecular weight is 708 g/mol. The molecular formula is C48H29N5S. The molecule has 7 aromatic carbocycles. The maximum Gasteiger partial charge on any atom is 0.238 e. The van der Waals surface area contributed by atoms with E-state index in [0.717, 1.165) is 44.4 Å². The summed E-state index contributed by atoms with van der Waals surface area (Å²) in [6.45, 7) is 0. The fourth-order valence-electron chi connectivity index (χ4n) is 7.84. The number of fused-ring (bicyclic) bond motifs is 10. The molecule has 0 saturated heterocycles. The molecular weight excluding hydrogens is 679 g/mol. The van der Waals surface area contributed by atoms with Gasteiger partial charge in [0.2, 0.25) is 5.95 Å². The van der Waals surface area contributed by atoms with Gasteiger partial charge in [0.15, 0.2) is 11.6 Å². The first kappa shape index (κ1) is 30.6. The van der Waals surface area contributed by atoms with Crippen LogP contribution in [0, 0.1) is 0 Å². The molecule has 0 fully saturated rings. The summed E-state index contributed by atoms with van der Waals surface area (Å²) in [5.41, 5.74) is 8.39. The van der Waals surface area contributed by atoms with Gasteiger partial charge in [-0.15, -0.1) is 11.3 Å². The standard InChI is InChI=1S/C48H29N5S/c1-4-14-30(15-5-1)33-23-25-40-37(28-33)42-35-20-10-11-21-36(35)43-38-29-34(39-22-12-13-27-49-39)24-26-41(38)54-45(43)44(42)53(40)48-51-46(31-16-6-2-7-17-31)50-47(52-48)32-18-8-3-9-19-32/h1-29H. The second-order valence-corrected chi connectivity index (χ2v) is 14.5. The molecule has 0 aliphatic rings. The zero-order chi connectivity index (χ0) is 35.6. The summed E-state index contributed by atoms with van der Waals surface area (Å²) >= 11 is 1.82. The normalized spacial score (nSPS) is 11.7. The van der Waals surface area contributed by atoms with Gasteiger partial charge in [0.1, 0.15) is 0 Å². The topological polar surface area (TPSA) is 56.5 Å². The predicted octanol–water partition coefficient (Wildman–Crippen LogP) is 12.6. The molecule has 0 bridgehead atoms. The maximum atomic E-state index is 5.28. The molecule has 0 spiro atoms. The highest BCUT2D eigenvalue weighted by molar-refractivity contribution is 7.27. The van der Waals surface area contributed by atoms with Gasteiger partial charge in [0.25, 0.3) is 0 Å². The lowest BCUT2D eigenvalue weighted by Crippen LogP contribution is -2.06. The van der Waals surface area contributed by atoms with Crippen molar-refractivity contribution in [2.75, 3.05) is 0 Å². The van der Waals surface area contributed by atoms with Crippen LogP contribution in [-0.4, -0.2) is 24.5 Å². The minimum absolute atomic E-state index is 0.582. The van der Waals surface area contributed by atoms with Crippen LogP contribution >= 0.6 is 11.3 Å². The summed E-state index contributed by atoms with van der Waals surface area (Å²) in [7, 11) is 0. The van der Waals surface area contributed by atoms with Crippen LogP contribution in [0.4, 0.5) is 0 Å². The third-order valence-electron chi connectivity index (χ3n) is 10.3. The number of benzene rings is 7. The van der Waals surface area contributed by atoms with Crippen molar-refractivity contribution in [1.82, 2.24) is 24.5 Å². The number of aromatic nitrogens is 5. The average Bonchev–Trinajstić information content (AvgIpc) is 3.81. The fourth-order valence-corrected chi connectivity index (χ4v) is 9.08. The van der Waals surface area contributed by atoms with Crippen LogP contribution in [0.2, 0.25) is 0 Å². The van der Waals surface area contributed by atoms with Gasteiger partial charge in [0, 0.05) is 49.1 Å². The SMILES string of the molecule is c1ccc(-c2ccc3c(c2)c2c4ccccc4c4c5cc(-c6ccccn6)ccc5sc4c2n3-c2nc(-c3ccccc3)nc(-c3ccccc3)n2)cc1. The van der Waals surface area contributed by atoms with E-state index < -0.39 is 0 Å². The van der Waals surface area contributed by atoms with Gasteiger partial charge in [-0.3, -0.25) is 9.55 Å². The van der Waals surface area contributed by atoms with Crippen molar-refractivity contribution in [1.29, 1.82) is 0 Å². The number of rotatable bonds is 5. The molecule has 0 radical (unpaired) electrons. The predicted molar refractivity (Wildman–Crippen MR) is 224 cm³/mol. The Morgan fingerprint density at radius 1 is 0.426 bits per heavy atom. The van der Waals surface area contributed by atoms with Crippen LogP contribution in [-0.2, 0) is 0 Å². The van der Waals surface area contributed by atoms with Gasteiger partial charge in [0.05, 0.1) is 21.4 Å². The maximum absolute atomic E-state index is 5.28. The van der Waals surface area contributed by atoms with Gasteiger partial charge in [-0.2, -0.15) is 9.97 Å². The largest absolute Gasteiger partial charge is 0.276 e. The Hall–Kier alpha value is -7.02. The van der Waals surface area contributed by atoms with Crippen LogP contribution in [0.5, 0.6) is 0 Å². The van der Waals surface area contributed by atoms with E-state index in [4.69, 9.17) is 19.9 Å². The van der Waals surface area contributed by atoms with Gasteiger partial charge < -0.3 is 0 Å². The first-order valence-electron chi connectivity index (χ1n) is 18.0. The van der Waals surface area contributed by atoms with E-state index in [2.05, 4.69) is 126 Å². The van der Waals surface area contributed by atoms with Crippen LogP contribution in [0.1, 0.15) is 0 Å². The number of pyridine rings is 1. The van der Waals surface area contributed by atoms with Crippen molar-refractivity contribution >= 4 is 64.1 Å². The Kier molecular flexibility index (Phi) is 6.97. The van der Waals surface area contributed by atoms with E-state index in [1.54, 1.807) is 0 Å². The molecule has 0 saturated carbocycles. The molecule has 4 heterocycles. The Morgan fingerprint density at radius 2 is 1.02 bits per heavy atom. The van der Waals surface area contributed by atoms with Gasteiger partial charge in [-0.25, -0.2) is 4.98 Å². The monoisotopic (exact) mass is 707 g/mol. The van der Waals surface area contributed by atoms with E-state index in [9.17, 15) is 0 Å². The molecule has 5 nitrogen and oxygen atoms in total. The van der Waals surface area contributed by atoms with Crippen LogP contribution in [0.3, 0.4) is 0 Å². The molecule has 0 N–H and O–H groups in total. The number of thiophene rings is 1. The molecule has 0 aliphatic carbocycles. The highest BCUT2D eigenvalue weighted by Crippen LogP contribution is 2.48. The third kappa shape index (κ3) is 4.85. The molecule has 54 heavy (non-hydrogen) atoms. The van der Waals surface area contributed by atoms with Crippen molar-refractivity contribution in [3.8, 4) is 51.1 Å². The zero-order valence-corrected chi connectivity index (χ0v) is 29.7. The van der Waals surface area contributed by atoms with E-state index in [1.165, 1.54) is 41.9 Å². The number of nitrogens with zero attached hydrogens (tertiary/aromatic N) is 5. The highest BCUT2D eigenvalue weighted by Gasteiger charge is 2.24. The summed E-state index contributed by atoms with van der Waals surface area (Å²) < 4.78 is 4.69. The summed E-state index contributed by atoms with van der Waals surface area (Å²) in [6, 6.07) is 59.4. The van der Waals surface area contributed by atoms with Gasteiger partial charge >= 0.3 is 0 Å². The lowest BCUT2D eigenvalue weighted by atomic mass is 9.97. The molecule has 4 aromatic heterocycles. The quantitative estimate of drug-likeness (QED) is 0.179. The molecule has 6 heteroatoms. The minimum atomic E-state index is 0.582. The zero-order valence-electron chi connectivity index (χ0n) is 28.9. The summed E-state index contributed by atoms with van der Waals surface area (Å²) in [5.74, 6) is 1.84. The Balaban J connectivity index is 1.32. The molecule has 0 atom stereocenters. The van der Waals surface area contributed by atoms with Crippen LogP contribution in [0.25, 0.3) is 104 Å². The minimum Gasteiger partial charge on any atom is -0.276 e. The molecule has 11 aromatic rings. The second-order valence-electron chi connectivity index (χ2n) is 13.4. The number of hydrogen-bond donors (Lipinski definition) is 0. The molecule has 0 aliphatic heterocycles. The molecule has 0 amide bonds. The first-order valence-corrected chi connectivity index (χ1v) is 18.8. The van der Waals surface area contributed by atoms with Crippen molar-refractivity contribution in [3.63, 3.8) is 0 Å². The molecule has 252 valence electrons. The lowest BCUT2D eigenvalue weighted by Gasteiger charge is -2.12. The van der Waals surface area contributed by atoms with E-state index in [0.29, 0.717) is 17.6 Å². The lowest BCUT2D eigenvalue weighted by molar-refractivity contribution is 0.955. The summed E-state index contributed by atoms with van der Waals surface area (Å²) in [4.78, 5) is 20.3. The van der Waals surface area contributed by atoms with Gasteiger partial charge in [-0.1, -0.05) is 133 Å². The van der Waals surface area contributed by atoms with Gasteiger partial charge in [-0.05, 0) is 58.3 Å². The summed E-state index contributed by atoms with van der Waals surface area (Å²) in [5, 5.41) is 7.19. The van der Waals surface area contributed by atoms with Crippen molar-refractivity contribution in [2.45, 2.75) is 0 Å². The van der Waals surface area contributed by atoms with Crippen LogP contribution in [0.15, 0.2) is 176 Å². The smallest absolute Gasteiger partial charge is 0.238 e. The van der Waals surface area contributed by atoms with Crippen molar-refractivity contribution in [3.05, 3.63) is 176 Å². The van der Waals surface area contributed by atoms with Crippen LogP contribution < -0.4 is 0 Å².